The Kier molecular flexibility index (Phi) is 4.13. The van der Waals surface area contributed by atoms with Gasteiger partial charge in [-0.15, -0.1) is 10.2 Å². The van der Waals surface area contributed by atoms with Crippen LogP contribution in [0, 0.1) is 0 Å². The molecule has 1 aliphatic heterocycles. The van der Waals surface area contributed by atoms with Crippen LogP contribution < -0.4 is 15.1 Å². The number of carbonyl (C=O) groups is 1. The molecule has 0 fully saturated rings. The van der Waals surface area contributed by atoms with E-state index in [1.807, 2.05) is 31.2 Å². The van der Waals surface area contributed by atoms with Crippen LogP contribution in [0.2, 0.25) is 0 Å². The predicted molar refractivity (Wildman–Crippen MR) is 109 cm³/mol. The van der Waals surface area contributed by atoms with Crippen LogP contribution >= 0.6 is 11.3 Å². The SMILES string of the molecule is CCOc1ccc([C@H]2c3c(oc4ccccc4c3=O)C(=O)N2c2nncs2)cc1. The van der Waals surface area contributed by atoms with E-state index in [1.165, 1.54) is 16.2 Å². The molecule has 4 aromatic rings. The molecule has 0 saturated heterocycles. The molecule has 0 unspecified atom stereocenters. The van der Waals surface area contributed by atoms with Gasteiger partial charge in [0.25, 0.3) is 5.91 Å². The molecule has 0 N–H and O–H groups in total. The summed E-state index contributed by atoms with van der Waals surface area (Å²) in [5.74, 6) is 0.357. The van der Waals surface area contributed by atoms with E-state index >= 15 is 0 Å². The molecule has 2 aromatic carbocycles. The van der Waals surface area contributed by atoms with Crippen molar-refractivity contribution < 1.29 is 13.9 Å². The minimum atomic E-state index is -0.651. The zero-order valence-electron chi connectivity index (χ0n) is 15.4. The van der Waals surface area contributed by atoms with Crippen LogP contribution in [0.1, 0.15) is 34.6 Å². The number of ether oxygens (including phenoxy) is 1. The molecule has 0 spiro atoms. The first-order valence-corrected chi connectivity index (χ1v) is 9.95. The molecule has 8 heteroatoms. The molecule has 1 amide bonds. The number of nitrogens with zero attached hydrogens (tertiary/aromatic N) is 3. The van der Waals surface area contributed by atoms with Gasteiger partial charge < -0.3 is 9.15 Å². The summed E-state index contributed by atoms with van der Waals surface area (Å²) in [6.07, 6.45) is 0. The minimum absolute atomic E-state index is 0.0442. The normalized spacial score (nSPS) is 15.7. The van der Waals surface area contributed by atoms with Crippen LogP contribution in [0.3, 0.4) is 0 Å². The summed E-state index contributed by atoms with van der Waals surface area (Å²) in [6.45, 7) is 2.46. The van der Waals surface area contributed by atoms with Crippen molar-refractivity contribution in [1.82, 2.24) is 10.2 Å². The molecule has 0 bridgehead atoms. The second kappa shape index (κ2) is 6.82. The maximum absolute atomic E-state index is 13.3. The van der Waals surface area contributed by atoms with E-state index in [0.29, 0.717) is 34.0 Å². The number of amides is 1. The van der Waals surface area contributed by atoms with E-state index in [9.17, 15) is 9.59 Å². The van der Waals surface area contributed by atoms with Crippen molar-refractivity contribution in [2.45, 2.75) is 13.0 Å². The van der Waals surface area contributed by atoms with Crippen LogP contribution in [-0.2, 0) is 0 Å². The second-order valence-electron chi connectivity index (χ2n) is 6.47. The average Bonchev–Trinajstić information content (AvgIpc) is 3.36. The summed E-state index contributed by atoms with van der Waals surface area (Å²) >= 11 is 1.23. The highest BCUT2D eigenvalue weighted by molar-refractivity contribution is 7.13. The summed E-state index contributed by atoms with van der Waals surface area (Å²) in [5.41, 5.74) is 2.79. The molecule has 0 aliphatic carbocycles. The van der Waals surface area contributed by atoms with E-state index < -0.39 is 11.9 Å². The monoisotopic (exact) mass is 405 g/mol. The number of benzene rings is 2. The highest BCUT2D eigenvalue weighted by Gasteiger charge is 2.44. The predicted octanol–water partition coefficient (Wildman–Crippen LogP) is 3.79. The topological polar surface area (TPSA) is 85.5 Å². The van der Waals surface area contributed by atoms with Gasteiger partial charge in [-0.3, -0.25) is 14.5 Å². The number of aromatic nitrogens is 2. The molecule has 2 aromatic heterocycles. The summed E-state index contributed by atoms with van der Waals surface area (Å²) in [7, 11) is 0. The van der Waals surface area contributed by atoms with Gasteiger partial charge in [-0.1, -0.05) is 35.6 Å². The van der Waals surface area contributed by atoms with E-state index in [1.54, 1.807) is 29.8 Å². The smallest absolute Gasteiger partial charge is 0.297 e. The van der Waals surface area contributed by atoms with Gasteiger partial charge in [-0.05, 0) is 36.8 Å². The van der Waals surface area contributed by atoms with E-state index in [4.69, 9.17) is 9.15 Å². The van der Waals surface area contributed by atoms with Crippen LogP contribution in [0.15, 0.2) is 63.3 Å². The third-order valence-corrected chi connectivity index (χ3v) is 5.53. The van der Waals surface area contributed by atoms with Crippen LogP contribution in [0.25, 0.3) is 11.0 Å². The van der Waals surface area contributed by atoms with Crippen molar-refractivity contribution in [2.24, 2.45) is 0 Å². The minimum Gasteiger partial charge on any atom is -0.494 e. The third kappa shape index (κ3) is 2.72. The van der Waals surface area contributed by atoms with Gasteiger partial charge in [0.2, 0.25) is 10.9 Å². The van der Waals surface area contributed by atoms with Gasteiger partial charge in [0.1, 0.15) is 16.8 Å². The molecular formula is C21H15N3O4S. The standard InChI is InChI=1S/C21H15N3O4S/c1-2-27-13-9-7-12(8-10-13)17-16-18(25)14-5-3-4-6-15(14)28-19(16)20(26)24(17)21-23-22-11-29-21/h3-11,17H,2H2,1H3/t17-/m0/s1. The van der Waals surface area contributed by atoms with Gasteiger partial charge in [-0.25, -0.2) is 0 Å². The van der Waals surface area contributed by atoms with Crippen molar-refractivity contribution >= 4 is 33.3 Å². The van der Waals surface area contributed by atoms with Gasteiger partial charge in [-0.2, -0.15) is 0 Å². The molecule has 5 rings (SSSR count). The van der Waals surface area contributed by atoms with E-state index in [0.717, 1.165) is 5.56 Å². The Hall–Kier alpha value is -3.52. The highest BCUT2D eigenvalue weighted by atomic mass is 32.1. The van der Waals surface area contributed by atoms with Crippen molar-refractivity contribution in [3.63, 3.8) is 0 Å². The summed E-state index contributed by atoms with van der Waals surface area (Å²) in [4.78, 5) is 28.1. The Balaban J connectivity index is 1.75. The number of fused-ring (bicyclic) bond motifs is 2. The molecule has 29 heavy (non-hydrogen) atoms. The lowest BCUT2D eigenvalue weighted by Gasteiger charge is -2.22. The lowest BCUT2D eigenvalue weighted by Crippen LogP contribution is -2.29. The van der Waals surface area contributed by atoms with Gasteiger partial charge in [0.15, 0.2) is 5.43 Å². The second-order valence-corrected chi connectivity index (χ2v) is 7.28. The Morgan fingerprint density at radius 3 is 2.66 bits per heavy atom. The van der Waals surface area contributed by atoms with Crippen LogP contribution in [0.5, 0.6) is 5.75 Å². The fourth-order valence-corrected chi connectivity index (χ4v) is 4.20. The number of hydrogen-bond donors (Lipinski definition) is 0. The number of carbonyl (C=O) groups excluding carboxylic acids is 1. The van der Waals surface area contributed by atoms with Crippen molar-refractivity contribution in [1.29, 1.82) is 0 Å². The number of anilines is 1. The quantitative estimate of drug-likeness (QED) is 0.513. The van der Waals surface area contributed by atoms with Crippen LogP contribution in [-0.4, -0.2) is 22.7 Å². The maximum Gasteiger partial charge on any atom is 0.297 e. The number of hydrogen-bond acceptors (Lipinski definition) is 7. The number of rotatable bonds is 4. The first-order chi connectivity index (χ1) is 14.2. The van der Waals surface area contributed by atoms with Gasteiger partial charge in [0, 0.05) is 0 Å². The summed E-state index contributed by atoms with van der Waals surface area (Å²) < 4.78 is 11.4. The lowest BCUT2D eigenvalue weighted by molar-refractivity contribution is 0.0970. The molecule has 144 valence electrons. The Morgan fingerprint density at radius 1 is 1.14 bits per heavy atom. The van der Waals surface area contributed by atoms with Gasteiger partial charge in [0.05, 0.1) is 23.6 Å². The largest absolute Gasteiger partial charge is 0.494 e. The Morgan fingerprint density at radius 2 is 1.93 bits per heavy atom. The van der Waals surface area contributed by atoms with Crippen LogP contribution in [0.4, 0.5) is 5.13 Å². The summed E-state index contributed by atoms with van der Waals surface area (Å²) in [6, 6.07) is 13.6. The van der Waals surface area contributed by atoms with E-state index in [-0.39, 0.29) is 11.2 Å². The van der Waals surface area contributed by atoms with Crippen molar-refractivity contribution in [3.8, 4) is 5.75 Å². The first kappa shape index (κ1) is 17.6. The third-order valence-electron chi connectivity index (χ3n) is 4.84. The van der Waals surface area contributed by atoms with Gasteiger partial charge >= 0.3 is 0 Å². The summed E-state index contributed by atoms with van der Waals surface area (Å²) in [5, 5.41) is 8.76. The van der Waals surface area contributed by atoms with Crippen molar-refractivity contribution in [3.05, 3.63) is 81.2 Å². The first-order valence-electron chi connectivity index (χ1n) is 9.07. The zero-order valence-corrected chi connectivity index (χ0v) is 16.2. The zero-order chi connectivity index (χ0) is 20.0. The Labute approximate surface area is 169 Å². The molecule has 1 aliphatic rings. The molecule has 0 radical (unpaired) electrons. The van der Waals surface area contributed by atoms with E-state index in [2.05, 4.69) is 10.2 Å². The fraction of sp³-hybridized carbons (Fsp3) is 0.143. The fourth-order valence-electron chi connectivity index (χ4n) is 3.62. The highest BCUT2D eigenvalue weighted by Crippen LogP contribution is 2.41. The molecular weight excluding hydrogens is 390 g/mol. The Bertz CT molecular complexity index is 1270. The molecule has 0 saturated carbocycles. The molecule has 7 nitrogen and oxygen atoms in total. The molecule has 1 atom stereocenters. The lowest BCUT2D eigenvalue weighted by atomic mass is 9.98. The number of para-hydroxylation sites is 1. The average molecular weight is 405 g/mol. The molecule has 3 heterocycles. The maximum atomic E-state index is 13.3. The van der Waals surface area contributed by atoms with Crippen molar-refractivity contribution in [2.75, 3.05) is 11.5 Å².